The van der Waals surface area contributed by atoms with E-state index >= 15 is 0 Å². The molecule has 0 saturated carbocycles. The van der Waals surface area contributed by atoms with Crippen molar-refractivity contribution in [2.75, 3.05) is 30.9 Å². The molecule has 140 valence electrons. The topological polar surface area (TPSA) is 111 Å². The number of hydrogen-bond donors (Lipinski definition) is 2. The summed E-state index contributed by atoms with van der Waals surface area (Å²) >= 11 is 0. The fraction of sp³-hybridized carbons (Fsp3) is 0.286. The van der Waals surface area contributed by atoms with E-state index < -0.39 is 22.7 Å². The Hall–Kier alpha value is -3.15. The van der Waals surface area contributed by atoms with E-state index in [4.69, 9.17) is 4.74 Å². The lowest BCUT2D eigenvalue weighted by molar-refractivity contribution is -0.383. The van der Waals surface area contributed by atoms with Gasteiger partial charge in [-0.25, -0.2) is 9.97 Å². The Kier molecular flexibility index (Phi) is 6.11. The molecule has 12 heteroatoms. The fourth-order valence-corrected chi connectivity index (χ4v) is 1.92. The molecule has 1 aromatic heterocycles. The summed E-state index contributed by atoms with van der Waals surface area (Å²) < 4.78 is 45.1. The summed E-state index contributed by atoms with van der Waals surface area (Å²) in [5.74, 6) is -0.543. The molecule has 9 nitrogen and oxygen atoms in total. The van der Waals surface area contributed by atoms with Gasteiger partial charge in [-0.15, -0.1) is 13.2 Å². The minimum Gasteiger partial charge on any atom is -0.406 e. The van der Waals surface area contributed by atoms with E-state index in [1.54, 1.807) is 0 Å². The van der Waals surface area contributed by atoms with Crippen molar-refractivity contribution >= 4 is 23.0 Å². The second-order valence-electron chi connectivity index (χ2n) is 4.79. The molecule has 0 atom stereocenters. The number of hydrogen-bond acceptors (Lipinski definition) is 8. The molecule has 0 bridgehead atoms. The van der Waals surface area contributed by atoms with E-state index in [9.17, 15) is 23.3 Å². The van der Waals surface area contributed by atoms with Gasteiger partial charge in [0.25, 0.3) is 0 Å². The van der Waals surface area contributed by atoms with Crippen molar-refractivity contribution < 1.29 is 27.6 Å². The lowest BCUT2D eigenvalue weighted by Gasteiger charge is -2.11. The van der Waals surface area contributed by atoms with E-state index in [1.165, 1.54) is 19.2 Å². The summed E-state index contributed by atoms with van der Waals surface area (Å²) in [6.45, 7) is 0.599. The largest absolute Gasteiger partial charge is 0.573 e. The van der Waals surface area contributed by atoms with Gasteiger partial charge in [-0.3, -0.25) is 10.1 Å². The number of alkyl halides is 3. The number of nitrogens with zero attached hydrogens (tertiary/aromatic N) is 3. The van der Waals surface area contributed by atoms with E-state index in [0.717, 1.165) is 18.5 Å². The molecule has 0 unspecified atom stereocenters. The van der Waals surface area contributed by atoms with Crippen molar-refractivity contribution in [3.8, 4) is 5.75 Å². The first-order valence-electron chi connectivity index (χ1n) is 7.15. The van der Waals surface area contributed by atoms with Crippen molar-refractivity contribution in [3.05, 3.63) is 40.7 Å². The predicted molar refractivity (Wildman–Crippen MR) is 85.5 cm³/mol. The number of rotatable bonds is 8. The number of nitrogens with one attached hydrogen (secondary N) is 2. The van der Waals surface area contributed by atoms with Crippen LogP contribution in [0.1, 0.15) is 0 Å². The van der Waals surface area contributed by atoms with Crippen LogP contribution in [0.4, 0.5) is 36.2 Å². The summed E-state index contributed by atoms with van der Waals surface area (Å²) in [4.78, 5) is 18.3. The molecule has 0 spiro atoms. The molecule has 0 aliphatic rings. The van der Waals surface area contributed by atoms with Crippen molar-refractivity contribution in [2.45, 2.75) is 6.36 Å². The number of halogens is 3. The van der Waals surface area contributed by atoms with Gasteiger partial charge in [0.15, 0.2) is 0 Å². The van der Waals surface area contributed by atoms with Crippen molar-refractivity contribution in [2.24, 2.45) is 0 Å². The second-order valence-corrected chi connectivity index (χ2v) is 4.79. The van der Waals surface area contributed by atoms with Crippen LogP contribution in [-0.2, 0) is 4.74 Å². The van der Waals surface area contributed by atoms with Crippen LogP contribution in [0.25, 0.3) is 0 Å². The molecule has 1 heterocycles. The standard InChI is InChI=1S/C14H14F3N5O4/c1-25-7-6-18-12-11(22(23)24)13(20-8-19-12)21-9-2-4-10(5-3-9)26-14(15,16)17/h2-5,8H,6-7H2,1H3,(H2,18,19,20,21). The van der Waals surface area contributed by atoms with Gasteiger partial charge in [0, 0.05) is 19.3 Å². The van der Waals surface area contributed by atoms with Gasteiger partial charge >= 0.3 is 12.0 Å². The van der Waals surface area contributed by atoms with Crippen LogP contribution in [0.5, 0.6) is 5.75 Å². The highest BCUT2D eigenvalue weighted by Gasteiger charge is 2.31. The molecule has 2 rings (SSSR count). The average molecular weight is 373 g/mol. The minimum atomic E-state index is -4.80. The van der Waals surface area contributed by atoms with Crippen LogP contribution < -0.4 is 15.4 Å². The maximum atomic E-state index is 12.2. The molecule has 0 radical (unpaired) electrons. The lowest BCUT2D eigenvalue weighted by Crippen LogP contribution is -2.17. The Morgan fingerprint density at radius 1 is 1.19 bits per heavy atom. The van der Waals surface area contributed by atoms with Gasteiger partial charge in [-0.05, 0) is 24.3 Å². The van der Waals surface area contributed by atoms with Gasteiger partial charge in [0.1, 0.15) is 12.1 Å². The van der Waals surface area contributed by atoms with E-state index in [-0.39, 0.29) is 23.9 Å². The maximum Gasteiger partial charge on any atom is 0.573 e. The average Bonchev–Trinajstić information content (AvgIpc) is 2.55. The van der Waals surface area contributed by atoms with Gasteiger partial charge in [-0.1, -0.05) is 0 Å². The summed E-state index contributed by atoms with van der Waals surface area (Å²) in [6, 6.07) is 4.68. The highest BCUT2D eigenvalue weighted by molar-refractivity contribution is 5.73. The molecule has 2 N–H and O–H groups in total. The molecule has 0 aliphatic heterocycles. The zero-order valence-corrected chi connectivity index (χ0v) is 13.4. The molecular weight excluding hydrogens is 359 g/mol. The summed E-state index contributed by atoms with van der Waals surface area (Å²) in [6.07, 6.45) is -3.69. The number of ether oxygens (including phenoxy) is 2. The van der Waals surface area contributed by atoms with Crippen molar-refractivity contribution in [1.29, 1.82) is 0 Å². The minimum absolute atomic E-state index is 0.0124. The molecule has 1 aromatic carbocycles. The third kappa shape index (κ3) is 5.44. The van der Waals surface area contributed by atoms with Crippen LogP contribution in [0.2, 0.25) is 0 Å². The third-order valence-corrected chi connectivity index (χ3v) is 2.95. The van der Waals surface area contributed by atoms with E-state index in [1.807, 2.05) is 0 Å². The number of nitro groups is 1. The monoisotopic (exact) mass is 373 g/mol. The van der Waals surface area contributed by atoms with E-state index in [2.05, 4.69) is 25.3 Å². The number of benzene rings is 1. The highest BCUT2D eigenvalue weighted by Crippen LogP contribution is 2.32. The quantitative estimate of drug-likeness (QED) is 0.412. The number of aromatic nitrogens is 2. The highest BCUT2D eigenvalue weighted by atomic mass is 19.4. The molecule has 0 saturated heterocycles. The Labute approximate surface area is 145 Å². The smallest absolute Gasteiger partial charge is 0.406 e. The van der Waals surface area contributed by atoms with Gasteiger partial charge in [-0.2, -0.15) is 0 Å². The predicted octanol–water partition coefficient (Wildman–Crippen LogP) is 3.09. The number of methoxy groups -OCH3 is 1. The second kappa shape index (κ2) is 8.29. The van der Waals surface area contributed by atoms with Crippen LogP contribution >= 0.6 is 0 Å². The fourth-order valence-electron chi connectivity index (χ4n) is 1.92. The van der Waals surface area contributed by atoms with E-state index in [0.29, 0.717) is 6.61 Å². The summed E-state index contributed by atoms with van der Waals surface area (Å²) in [5.41, 5.74) is -0.122. The van der Waals surface area contributed by atoms with Crippen molar-refractivity contribution in [1.82, 2.24) is 9.97 Å². The summed E-state index contributed by atoms with van der Waals surface area (Å²) in [7, 11) is 1.48. The van der Waals surface area contributed by atoms with Gasteiger partial charge < -0.3 is 20.1 Å². The molecule has 0 amide bonds. The molecule has 2 aromatic rings. The normalized spacial score (nSPS) is 11.1. The molecular formula is C14H14F3N5O4. The Balaban J connectivity index is 2.20. The van der Waals surface area contributed by atoms with Gasteiger partial charge in [0.05, 0.1) is 11.5 Å². The maximum absolute atomic E-state index is 12.2. The zero-order chi connectivity index (χ0) is 19.2. The Bertz CT molecular complexity index is 755. The van der Waals surface area contributed by atoms with Crippen molar-refractivity contribution in [3.63, 3.8) is 0 Å². The SMILES string of the molecule is COCCNc1ncnc(Nc2ccc(OC(F)(F)F)cc2)c1[N+](=O)[O-]. The van der Waals surface area contributed by atoms with Crippen LogP contribution in [-0.4, -0.2) is 41.5 Å². The zero-order valence-electron chi connectivity index (χ0n) is 13.4. The van der Waals surface area contributed by atoms with Crippen LogP contribution in [0.15, 0.2) is 30.6 Å². The molecule has 0 fully saturated rings. The molecule has 26 heavy (non-hydrogen) atoms. The third-order valence-electron chi connectivity index (χ3n) is 2.95. The Morgan fingerprint density at radius 2 is 1.85 bits per heavy atom. The van der Waals surface area contributed by atoms with Gasteiger partial charge in [0.2, 0.25) is 11.6 Å². The van der Waals surface area contributed by atoms with Crippen LogP contribution in [0.3, 0.4) is 0 Å². The first-order chi connectivity index (χ1) is 12.3. The summed E-state index contributed by atoms with van der Waals surface area (Å²) in [5, 5.41) is 16.8. The Morgan fingerprint density at radius 3 is 2.42 bits per heavy atom. The first kappa shape index (κ1) is 19.2. The lowest BCUT2D eigenvalue weighted by atomic mass is 10.3. The van der Waals surface area contributed by atoms with Crippen LogP contribution in [0, 0.1) is 10.1 Å². The number of anilines is 3. The first-order valence-corrected chi connectivity index (χ1v) is 7.15. The molecule has 0 aliphatic carbocycles.